The van der Waals surface area contributed by atoms with Gasteiger partial charge in [0, 0.05) is 42.8 Å². The number of nitrogens with zero attached hydrogens (tertiary/aromatic N) is 3. The van der Waals surface area contributed by atoms with Gasteiger partial charge in [-0.05, 0) is 42.6 Å². The summed E-state index contributed by atoms with van der Waals surface area (Å²) < 4.78 is 16.8. The molecule has 2 amide bonds. The minimum atomic E-state index is -0.102. The van der Waals surface area contributed by atoms with Gasteiger partial charge in [-0.25, -0.2) is 0 Å². The molecule has 0 radical (unpaired) electrons. The van der Waals surface area contributed by atoms with E-state index in [-0.39, 0.29) is 18.4 Å². The molecule has 9 heteroatoms. The van der Waals surface area contributed by atoms with Crippen LogP contribution >= 0.6 is 11.3 Å². The number of benzene rings is 1. The highest BCUT2D eigenvalue weighted by Gasteiger charge is 2.27. The van der Waals surface area contributed by atoms with E-state index in [1.165, 1.54) is 0 Å². The van der Waals surface area contributed by atoms with Gasteiger partial charge in [0.1, 0.15) is 19.0 Å². The van der Waals surface area contributed by atoms with E-state index < -0.39 is 0 Å². The van der Waals surface area contributed by atoms with E-state index in [4.69, 9.17) is 13.9 Å². The Bertz CT molecular complexity index is 1150. The molecule has 2 aromatic heterocycles. The third-order valence-electron chi connectivity index (χ3n) is 6.00. The number of ether oxygens (including phenoxy) is 2. The summed E-state index contributed by atoms with van der Waals surface area (Å²) in [5.74, 6) is 2.35. The van der Waals surface area contributed by atoms with E-state index in [1.54, 1.807) is 33.3 Å². The van der Waals surface area contributed by atoms with Crippen LogP contribution in [0, 0.1) is 6.92 Å². The Kier molecular flexibility index (Phi) is 6.55. The van der Waals surface area contributed by atoms with Crippen LogP contribution in [0.3, 0.4) is 0 Å². The Morgan fingerprint density at radius 3 is 2.50 bits per heavy atom. The Balaban J connectivity index is 1.25. The van der Waals surface area contributed by atoms with Crippen LogP contribution in [-0.2, 0) is 11.3 Å². The van der Waals surface area contributed by atoms with Gasteiger partial charge < -0.3 is 23.7 Å². The molecule has 34 heavy (non-hydrogen) atoms. The Labute approximate surface area is 202 Å². The summed E-state index contributed by atoms with van der Waals surface area (Å²) in [6.07, 6.45) is 0. The third-order valence-corrected chi connectivity index (χ3v) is 6.86. The van der Waals surface area contributed by atoms with E-state index in [9.17, 15) is 9.59 Å². The van der Waals surface area contributed by atoms with Crippen molar-refractivity contribution in [2.45, 2.75) is 13.5 Å². The number of rotatable bonds is 6. The second-order valence-corrected chi connectivity index (χ2v) is 9.40. The second-order valence-electron chi connectivity index (χ2n) is 8.37. The van der Waals surface area contributed by atoms with Crippen LogP contribution in [0.15, 0.2) is 52.3 Å². The zero-order valence-corrected chi connectivity index (χ0v) is 19.9. The van der Waals surface area contributed by atoms with Crippen LogP contribution in [0.4, 0.5) is 5.69 Å². The number of fused-ring (bicyclic) bond motifs is 1. The molecule has 5 rings (SSSR count). The van der Waals surface area contributed by atoms with Gasteiger partial charge in [0.25, 0.3) is 5.91 Å². The van der Waals surface area contributed by atoms with Crippen LogP contribution in [-0.4, -0.2) is 67.6 Å². The highest BCUT2D eigenvalue weighted by atomic mass is 32.1. The van der Waals surface area contributed by atoms with Gasteiger partial charge in [0.2, 0.25) is 5.91 Å². The molecular weight excluding hydrogens is 454 g/mol. The predicted molar refractivity (Wildman–Crippen MR) is 129 cm³/mol. The molecule has 1 saturated heterocycles. The molecule has 0 saturated carbocycles. The standard InChI is InChI=1S/C25H27N3O5S/c1-18-4-6-22(33-18)25(30)27-10-8-26(9-11-27)17-24(29)28(16-20-3-2-14-34-20)19-5-7-21-23(15-19)32-13-12-31-21/h2-7,14-15H,8-13,16-17H2,1H3. The molecule has 1 aromatic carbocycles. The zero-order chi connectivity index (χ0) is 23.5. The summed E-state index contributed by atoms with van der Waals surface area (Å²) in [4.78, 5) is 32.9. The molecule has 3 aromatic rings. The van der Waals surface area contributed by atoms with Gasteiger partial charge in [-0.2, -0.15) is 0 Å². The summed E-state index contributed by atoms with van der Waals surface area (Å²) in [6, 6.07) is 13.2. The molecule has 0 bridgehead atoms. The van der Waals surface area contributed by atoms with Crippen molar-refractivity contribution in [3.05, 3.63) is 64.2 Å². The van der Waals surface area contributed by atoms with E-state index in [1.807, 2.05) is 42.6 Å². The summed E-state index contributed by atoms with van der Waals surface area (Å²) in [7, 11) is 0. The average molecular weight is 482 g/mol. The first-order valence-corrected chi connectivity index (χ1v) is 12.3. The molecule has 8 nitrogen and oxygen atoms in total. The highest BCUT2D eigenvalue weighted by Crippen LogP contribution is 2.34. The molecule has 0 atom stereocenters. The normalized spacial score (nSPS) is 15.9. The number of carbonyl (C=O) groups excluding carboxylic acids is 2. The Hall–Kier alpha value is -3.30. The maximum absolute atomic E-state index is 13.5. The van der Waals surface area contributed by atoms with E-state index >= 15 is 0 Å². The molecule has 0 N–H and O–H groups in total. The first-order valence-electron chi connectivity index (χ1n) is 11.4. The lowest BCUT2D eigenvalue weighted by molar-refractivity contribution is -0.120. The number of piperazine rings is 1. The lowest BCUT2D eigenvalue weighted by Gasteiger charge is -2.35. The molecule has 0 unspecified atom stereocenters. The maximum atomic E-state index is 13.5. The lowest BCUT2D eigenvalue weighted by atomic mass is 10.2. The van der Waals surface area contributed by atoms with E-state index in [0.717, 1.165) is 16.3 Å². The molecule has 4 heterocycles. The summed E-state index contributed by atoms with van der Waals surface area (Å²) >= 11 is 1.62. The summed E-state index contributed by atoms with van der Waals surface area (Å²) in [5.41, 5.74) is 0.782. The molecular formula is C25H27N3O5S. The molecule has 2 aliphatic rings. The minimum absolute atomic E-state index is 0.00603. The summed E-state index contributed by atoms with van der Waals surface area (Å²) in [5, 5.41) is 2.01. The van der Waals surface area contributed by atoms with Crippen LogP contribution in [0.2, 0.25) is 0 Å². The Morgan fingerprint density at radius 2 is 1.79 bits per heavy atom. The lowest BCUT2D eigenvalue weighted by Crippen LogP contribution is -2.51. The van der Waals surface area contributed by atoms with E-state index in [0.29, 0.717) is 63.2 Å². The number of hydrogen-bond acceptors (Lipinski definition) is 7. The van der Waals surface area contributed by atoms with Gasteiger partial charge in [0.15, 0.2) is 17.3 Å². The number of amides is 2. The average Bonchev–Trinajstić information content (AvgIpc) is 3.54. The monoisotopic (exact) mass is 481 g/mol. The van der Waals surface area contributed by atoms with Crippen LogP contribution in [0.5, 0.6) is 11.5 Å². The van der Waals surface area contributed by atoms with Gasteiger partial charge >= 0.3 is 0 Å². The van der Waals surface area contributed by atoms with Crippen molar-refractivity contribution < 1.29 is 23.5 Å². The number of furan rings is 1. The molecule has 2 aliphatic heterocycles. The number of anilines is 1. The van der Waals surface area contributed by atoms with Crippen LogP contribution < -0.4 is 14.4 Å². The van der Waals surface area contributed by atoms with Crippen molar-refractivity contribution in [1.82, 2.24) is 9.80 Å². The number of carbonyl (C=O) groups is 2. The van der Waals surface area contributed by atoms with Gasteiger partial charge in [-0.3, -0.25) is 14.5 Å². The smallest absolute Gasteiger partial charge is 0.289 e. The number of thiophene rings is 1. The molecule has 1 fully saturated rings. The molecule has 0 spiro atoms. The Morgan fingerprint density at radius 1 is 1.00 bits per heavy atom. The topological polar surface area (TPSA) is 75.5 Å². The van der Waals surface area contributed by atoms with Crippen molar-refractivity contribution in [1.29, 1.82) is 0 Å². The first kappa shape index (κ1) is 22.5. The van der Waals surface area contributed by atoms with Gasteiger partial charge in [0.05, 0.1) is 13.1 Å². The van der Waals surface area contributed by atoms with Gasteiger partial charge in [-0.1, -0.05) is 6.07 Å². The quantitative estimate of drug-likeness (QED) is 0.537. The van der Waals surface area contributed by atoms with Crippen LogP contribution in [0.25, 0.3) is 0 Å². The van der Waals surface area contributed by atoms with Crippen molar-refractivity contribution in [3.63, 3.8) is 0 Å². The van der Waals surface area contributed by atoms with Crippen molar-refractivity contribution in [2.24, 2.45) is 0 Å². The fourth-order valence-corrected chi connectivity index (χ4v) is 4.87. The number of aryl methyl sites for hydroxylation is 1. The predicted octanol–water partition coefficient (Wildman–Crippen LogP) is 3.41. The minimum Gasteiger partial charge on any atom is -0.486 e. The second kappa shape index (κ2) is 9.90. The fraction of sp³-hybridized carbons (Fsp3) is 0.360. The van der Waals surface area contributed by atoms with Gasteiger partial charge in [-0.15, -0.1) is 11.3 Å². The van der Waals surface area contributed by atoms with Crippen LogP contribution in [0.1, 0.15) is 21.2 Å². The number of hydrogen-bond donors (Lipinski definition) is 0. The summed E-state index contributed by atoms with van der Waals surface area (Å²) in [6.45, 7) is 5.99. The van der Waals surface area contributed by atoms with E-state index in [2.05, 4.69) is 4.90 Å². The molecule has 178 valence electrons. The SMILES string of the molecule is Cc1ccc(C(=O)N2CCN(CC(=O)N(Cc3cccs3)c3ccc4c(c3)OCCO4)CC2)o1. The van der Waals surface area contributed by atoms with Crippen molar-refractivity contribution in [2.75, 3.05) is 50.8 Å². The third kappa shape index (κ3) is 4.95. The fourth-order valence-electron chi connectivity index (χ4n) is 4.17. The first-order chi connectivity index (χ1) is 16.6. The van der Waals surface area contributed by atoms with Crippen molar-refractivity contribution in [3.8, 4) is 11.5 Å². The molecule has 0 aliphatic carbocycles. The largest absolute Gasteiger partial charge is 0.486 e. The maximum Gasteiger partial charge on any atom is 0.289 e. The highest BCUT2D eigenvalue weighted by molar-refractivity contribution is 7.09. The van der Waals surface area contributed by atoms with Crippen molar-refractivity contribution >= 4 is 28.8 Å². The zero-order valence-electron chi connectivity index (χ0n) is 19.1.